The summed E-state index contributed by atoms with van der Waals surface area (Å²) >= 11 is 2.35. The fourth-order valence-corrected chi connectivity index (χ4v) is 2.77. The van der Waals surface area contributed by atoms with Crippen LogP contribution in [0, 0.1) is 3.57 Å². The minimum absolute atomic E-state index is 0.0459. The van der Waals surface area contributed by atoms with Gasteiger partial charge in [0.2, 0.25) is 0 Å². The molecule has 0 saturated carbocycles. The van der Waals surface area contributed by atoms with Crippen molar-refractivity contribution in [2.45, 2.75) is 19.4 Å². The van der Waals surface area contributed by atoms with Crippen LogP contribution in [-0.4, -0.2) is 0 Å². The van der Waals surface area contributed by atoms with Gasteiger partial charge in [-0.05, 0) is 51.8 Å². The first-order valence-electron chi connectivity index (χ1n) is 6.05. The van der Waals surface area contributed by atoms with Gasteiger partial charge in [0, 0.05) is 3.57 Å². The van der Waals surface area contributed by atoms with Crippen LogP contribution in [0.3, 0.4) is 0 Å². The van der Waals surface area contributed by atoms with Gasteiger partial charge < -0.3 is 0 Å². The topological polar surface area (TPSA) is 38.0 Å². The van der Waals surface area contributed by atoms with Crippen molar-refractivity contribution in [2.24, 2.45) is 5.84 Å². The average molecular weight is 352 g/mol. The van der Waals surface area contributed by atoms with E-state index in [4.69, 9.17) is 5.84 Å². The van der Waals surface area contributed by atoms with Gasteiger partial charge in [0.1, 0.15) is 0 Å². The fourth-order valence-electron chi connectivity index (χ4n) is 2.07. The minimum atomic E-state index is 0.0459. The van der Waals surface area contributed by atoms with Crippen molar-refractivity contribution in [3.8, 4) is 0 Å². The Morgan fingerprint density at radius 1 is 1.17 bits per heavy atom. The molecule has 2 rings (SSSR count). The minimum Gasteiger partial charge on any atom is -0.271 e. The highest BCUT2D eigenvalue weighted by atomic mass is 127. The molecular formula is C15H17IN2. The number of halogens is 1. The van der Waals surface area contributed by atoms with E-state index in [0.29, 0.717) is 0 Å². The Morgan fingerprint density at radius 3 is 2.61 bits per heavy atom. The van der Waals surface area contributed by atoms with E-state index in [1.165, 1.54) is 20.3 Å². The number of benzene rings is 2. The number of hydrogen-bond acceptors (Lipinski definition) is 2. The first-order valence-corrected chi connectivity index (χ1v) is 7.13. The molecule has 0 aromatic heterocycles. The highest BCUT2D eigenvalue weighted by Crippen LogP contribution is 2.26. The average Bonchev–Trinajstić information content (AvgIpc) is 2.42. The molecule has 0 saturated heterocycles. The van der Waals surface area contributed by atoms with Crippen molar-refractivity contribution in [1.82, 2.24) is 5.43 Å². The Morgan fingerprint density at radius 2 is 1.94 bits per heavy atom. The van der Waals surface area contributed by atoms with E-state index in [2.05, 4.69) is 71.3 Å². The van der Waals surface area contributed by atoms with Crippen molar-refractivity contribution in [3.05, 3.63) is 68.8 Å². The molecule has 1 atom stereocenters. The van der Waals surface area contributed by atoms with Gasteiger partial charge in [0.15, 0.2) is 0 Å². The molecule has 1 unspecified atom stereocenters. The van der Waals surface area contributed by atoms with Crippen LogP contribution >= 0.6 is 22.6 Å². The number of nitrogens with one attached hydrogen (secondary N) is 1. The first kappa shape index (κ1) is 13.5. The second-order valence-electron chi connectivity index (χ2n) is 4.22. The van der Waals surface area contributed by atoms with Crippen LogP contribution in [0.5, 0.6) is 0 Å². The third-order valence-corrected chi connectivity index (χ3v) is 4.06. The van der Waals surface area contributed by atoms with Gasteiger partial charge in [-0.1, -0.05) is 49.4 Å². The second kappa shape index (κ2) is 6.31. The van der Waals surface area contributed by atoms with E-state index >= 15 is 0 Å². The fraction of sp³-hybridized carbons (Fsp3) is 0.200. The predicted molar refractivity (Wildman–Crippen MR) is 84.1 cm³/mol. The standard InChI is InChI=1S/C15H17IN2/c1-2-11-6-5-7-12(10-11)15(18-17)13-8-3-4-9-14(13)16/h3-10,15,18H,2,17H2,1H3. The predicted octanol–water partition coefficient (Wildman–Crippen LogP) is 3.41. The van der Waals surface area contributed by atoms with Gasteiger partial charge >= 0.3 is 0 Å². The summed E-state index contributed by atoms with van der Waals surface area (Å²) in [7, 11) is 0. The molecule has 0 aliphatic rings. The highest BCUT2D eigenvalue weighted by Gasteiger charge is 2.14. The smallest absolute Gasteiger partial charge is 0.0720 e. The summed E-state index contributed by atoms with van der Waals surface area (Å²) in [5.41, 5.74) is 6.68. The van der Waals surface area contributed by atoms with Crippen LogP contribution in [0.1, 0.15) is 29.7 Å². The quantitative estimate of drug-likeness (QED) is 0.503. The molecule has 18 heavy (non-hydrogen) atoms. The van der Waals surface area contributed by atoms with Gasteiger partial charge in [-0.3, -0.25) is 5.84 Å². The third kappa shape index (κ3) is 2.91. The van der Waals surface area contributed by atoms with Crippen molar-refractivity contribution in [1.29, 1.82) is 0 Å². The van der Waals surface area contributed by atoms with Crippen molar-refractivity contribution in [3.63, 3.8) is 0 Å². The number of rotatable bonds is 4. The van der Waals surface area contributed by atoms with E-state index in [-0.39, 0.29) is 6.04 Å². The molecule has 2 nitrogen and oxygen atoms in total. The molecule has 0 radical (unpaired) electrons. The molecule has 0 bridgehead atoms. The maximum atomic E-state index is 5.74. The summed E-state index contributed by atoms with van der Waals surface area (Å²) in [5.74, 6) is 5.74. The molecule has 3 N–H and O–H groups in total. The molecule has 0 spiro atoms. The van der Waals surface area contributed by atoms with Crippen LogP contribution < -0.4 is 11.3 Å². The SMILES string of the molecule is CCc1cccc(C(NN)c2ccccc2I)c1. The molecule has 0 amide bonds. The Labute approximate surface area is 122 Å². The lowest BCUT2D eigenvalue weighted by Gasteiger charge is -2.19. The Hall–Kier alpha value is -0.910. The zero-order valence-electron chi connectivity index (χ0n) is 10.4. The maximum absolute atomic E-state index is 5.74. The maximum Gasteiger partial charge on any atom is 0.0720 e. The van der Waals surface area contributed by atoms with Gasteiger partial charge in [0.05, 0.1) is 6.04 Å². The molecule has 3 heteroatoms. The third-order valence-electron chi connectivity index (χ3n) is 3.08. The largest absolute Gasteiger partial charge is 0.271 e. The second-order valence-corrected chi connectivity index (χ2v) is 5.38. The molecule has 2 aromatic rings. The van der Waals surface area contributed by atoms with E-state index in [1.54, 1.807) is 0 Å². The monoisotopic (exact) mass is 352 g/mol. The molecule has 0 aliphatic carbocycles. The van der Waals surface area contributed by atoms with Gasteiger partial charge in [0.25, 0.3) is 0 Å². The Kier molecular flexibility index (Phi) is 4.74. The van der Waals surface area contributed by atoms with Crippen molar-refractivity contribution < 1.29 is 0 Å². The van der Waals surface area contributed by atoms with E-state index < -0.39 is 0 Å². The normalized spacial score (nSPS) is 12.4. The van der Waals surface area contributed by atoms with Gasteiger partial charge in [-0.2, -0.15) is 0 Å². The molecule has 0 heterocycles. The summed E-state index contributed by atoms with van der Waals surface area (Å²) in [5, 5.41) is 0. The Balaban J connectivity index is 2.42. The summed E-state index contributed by atoms with van der Waals surface area (Å²) in [6.07, 6.45) is 1.04. The van der Waals surface area contributed by atoms with Gasteiger partial charge in [-0.15, -0.1) is 0 Å². The lowest BCUT2D eigenvalue weighted by atomic mass is 9.97. The molecule has 0 fully saturated rings. The molecule has 0 aliphatic heterocycles. The van der Waals surface area contributed by atoms with Crippen LogP contribution in [0.25, 0.3) is 0 Å². The lowest BCUT2D eigenvalue weighted by molar-refractivity contribution is 0.633. The van der Waals surface area contributed by atoms with Crippen LogP contribution in [0.4, 0.5) is 0 Å². The van der Waals surface area contributed by atoms with Gasteiger partial charge in [-0.25, -0.2) is 5.43 Å². The van der Waals surface area contributed by atoms with Crippen molar-refractivity contribution in [2.75, 3.05) is 0 Å². The summed E-state index contributed by atoms with van der Waals surface area (Å²) in [6, 6.07) is 16.9. The van der Waals surface area contributed by atoms with E-state index in [0.717, 1.165) is 6.42 Å². The van der Waals surface area contributed by atoms with E-state index in [9.17, 15) is 0 Å². The zero-order chi connectivity index (χ0) is 13.0. The van der Waals surface area contributed by atoms with Crippen LogP contribution in [-0.2, 0) is 6.42 Å². The number of hydrogen-bond donors (Lipinski definition) is 2. The number of nitrogens with two attached hydrogens (primary N) is 1. The zero-order valence-corrected chi connectivity index (χ0v) is 12.5. The van der Waals surface area contributed by atoms with Crippen molar-refractivity contribution >= 4 is 22.6 Å². The summed E-state index contributed by atoms with van der Waals surface area (Å²) in [4.78, 5) is 0. The summed E-state index contributed by atoms with van der Waals surface area (Å²) < 4.78 is 1.22. The molecular weight excluding hydrogens is 335 g/mol. The Bertz CT molecular complexity index is 525. The number of aryl methyl sites for hydroxylation is 1. The highest BCUT2D eigenvalue weighted by molar-refractivity contribution is 14.1. The van der Waals surface area contributed by atoms with Crippen LogP contribution in [0.2, 0.25) is 0 Å². The molecule has 94 valence electrons. The first-order chi connectivity index (χ1) is 8.76. The van der Waals surface area contributed by atoms with Crippen LogP contribution in [0.15, 0.2) is 48.5 Å². The van der Waals surface area contributed by atoms with E-state index in [1.807, 2.05) is 12.1 Å². The molecule has 2 aromatic carbocycles. The summed E-state index contributed by atoms with van der Waals surface area (Å²) in [6.45, 7) is 2.16. The number of hydrazine groups is 1. The lowest BCUT2D eigenvalue weighted by Crippen LogP contribution is -2.29.